The maximum atomic E-state index is 4.47. The lowest BCUT2D eigenvalue weighted by molar-refractivity contribution is 1.19. The minimum absolute atomic E-state index is 1.03. The van der Waals surface area contributed by atoms with Crippen LogP contribution < -0.4 is 0 Å². The van der Waals surface area contributed by atoms with Crippen LogP contribution in [0.5, 0.6) is 0 Å². The van der Waals surface area contributed by atoms with E-state index in [-0.39, 0.29) is 0 Å². The predicted molar refractivity (Wildman–Crippen MR) is 60.0 cm³/mol. The smallest absolute Gasteiger partial charge is 0.0714 e. The van der Waals surface area contributed by atoms with Gasteiger partial charge in [0.2, 0.25) is 0 Å². The van der Waals surface area contributed by atoms with Crippen molar-refractivity contribution in [1.29, 1.82) is 0 Å². The van der Waals surface area contributed by atoms with Crippen LogP contribution >= 0.6 is 27.3 Å². The van der Waals surface area contributed by atoms with Gasteiger partial charge in [-0.3, -0.25) is 4.98 Å². The maximum absolute atomic E-state index is 4.47. The van der Waals surface area contributed by atoms with Crippen LogP contribution in [0.2, 0.25) is 0 Å². The molecule has 0 fully saturated rings. The SMILES string of the molecule is Cc1nc(-c2ccsc2)ccc1Br. The van der Waals surface area contributed by atoms with E-state index in [1.807, 2.05) is 19.1 Å². The van der Waals surface area contributed by atoms with E-state index in [1.54, 1.807) is 11.3 Å². The first-order valence-electron chi connectivity index (χ1n) is 3.93. The van der Waals surface area contributed by atoms with E-state index in [9.17, 15) is 0 Å². The molecule has 0 amide bonds. The Hall–Kier alpha value is -0.670. The number of aryl methyl sites for hydroxylation is 1. The topological polar surface area (TPSA) is 12.9 Å². The van der Waals surface area contributed by atoms with Crippen molar-refractivity contribution in [3.8, 4) is 11.3 Å². The van der Waals surface area contributed by atoms with Crippen molar-refractivity contribution in [2.75, 3.05) is 0 Å². The third-order valence-electron chi connectivity index (χ3n) is 1.84. The molecule has 0 saturated carbocycles. The Bertz CT molecular complexity index is 409. The molecule has 13 heavy (non-hydrogen) atoms. The Morgan fingerprint density at radius 1 is 1.31 bits per heavy atom. The molecule has 0 aromatic carbocycles. The third kappa shape index (κ3) is 1.81. The highest BCUT2D eigenvalue weighted by Gasteiger charge is 2.01. The summed E-state index contributed by atoms with van der Waals surface area (Å²) in [5.74, 6) is 0. The molecule has 0 radical (unpaired) electrons. The van der Waals surface area contributed by atoms with E-state index in [1.165, 1.54) is 5.56 Å². The molecule has 0 spiro atoms. The van der Waals surface area contributed by atoms with Gasteiger partial charge in [0.25, 0.3) is 0 Å². The molecule has 1 nitrogen and oxygen atoms in total. The van der Waals surface area contributed by atoms with Crippen LogP contribution in [0.15, 0.2) is 33.4 Å². The Labute approximate surface area is 89.6 Å². The van der Waals surface area contributed by atoms with Crippen molar-refractivity contribution in [3.05, 3.63) is 39.1 Å². The van der Waals surface area contributed by atoms with Gasteiger partial charge in [0.1, 0.15) is 0 Å². The van der Waals surface area contributed by atoms with Gasteiger partial charge in [-0.15, -0.1) is 0 Å². The second-order valence-electron chi connectivity index (χ2n) is 2.78. The number of rotatable bonds is 1. The van der Waals surface area contributed by atoms with Crippen molar-refractivity contribution >= 4 is 27.3 Å². The summed E-state index contributed by atoms with van der Waals surface area (Å²) in [4.78, 5) is 4.47. The van der Waals surface area contributed by atoms with Crippen molar-refractivity contribution in [2.45, 2.75) is 6.92 Å². The van der Waals surface area contributed by atoms with Gasteiger partial charge in [0.15, 0.2) is 0 Å². The van der Waals surface area contributed by atoms with Crippen LogP contribution in [0.4, 0.5) is 0 Å². The van der Waals surface area contributed by atoms with Gasteiger partial charge < -0.3 is 0 Å². The van der Waals surface area contributed by atoms with Crippen molar-refractivity contribution in [1.82, 2.24) is 4.98 Å². The maximum Gasteiger partial charge on any atom is 0.0714 e. The molecule has 0 aliphatic rings. The second-order valence-corrected chi connectivity index (χ2v) is 4.41. The zero-order valence-corrected chi connectivity index (χ0v) is 9.52. The first-order valence-corrected chi connectivity index (χ1v) is 5.66. The van der Waals surface area contributed by atoms with Crippen LogP contribution in [-0.2, 0) is 0 Å². The van der Waals surface area contributed by atoms with E-state index in [0.717, 1.165) is 15.9 Å². The fraction of sp³-hybridized carbons (Fsp3) is 0.100. The Morgan fingerprint density at radius 3 is 2.77 bits per heavy atom. The highest BCUT2D eigenvalue weighted by molar-refractivity contribution is 9.10. The normalized spacial score (nSPS) is 10.3. The number of halogens is 1. The van der Waals surface area contributed by atoms with Gasteiger partial charge in [0, 0.05) is 15.4 Å². The molecule has 2 aromatic rings. The largest absolute Gasteiger partial charge is 0.252 e. The monoisotopic (exact) mass is 253 g/mol. The highest BCUT2D eigenvalue weighted by atomic mass is 79.9. The quantitative estimate of drug-likeness (QED) is 0.752. The lowest BCUT2D eigenvalue weighted by atomic mass is 10.2. The molecule has 66 valence electrons. The summed E-state index contributed by atoms with van der Waals surface area (Å²) in [6, 6.07) is 6.15. The van der Waals surface area contributed by atoms with Crippen LogP contribution in [0.3, 0.4) is 0 Å². The van der Waals surface area contributed by atoms with Crippen molar-refractivity contribution < 1.29 is 0 Å². The minimum atomic E-state index is 1.03. The Morgan fingerprint density at radius 2 is 2.15 bits per heavy atom. The van der Waals surface area contributed by atoms with Crippen molar-refractivity contribution in [3.63, 3.8) is 0 Å². The van der Waals surface area contributed by atoms with Crippen LogP contribution in [0.1, 0.15) is 5.69 Å². The fourth-order valence-electron chi connectivity index (χ4n) is 1.12. The molecule has 2 rings (SSSR count). The molecule has 2 heterocycles. The number of pyridine rings is 1. The lowest BCUT2D eigenvalue weighted by Crippen LogP contribution is -1.85. The number of aromatic nitrogens is 1. The van der Waals surface area contributed by atoms with E-state index in [0.29, 0.717) is 0 Å². The molecule has 0 aliphatic heterocycles. The average Bonchev–Trinajstić information content (AvgIpc) is 2.62. The predicted octanol–water partition coefficient (Wildman–Crippen LogP) is 3.88. The van der Waals surface area contributed by atoms with Gasteiger partial charge >= 0.3 is 0 Å². The molecule has 3 heteroatoms. The first-order chi connectivity index (χ1) is 6.27. The lowest BCUT2D eigenvalue weighted by Gasteiger charge is -2.00. The first kappa shape index (κ1) is 8.91. The molecular weight excluding hydrogens is 246 g/mol. The summed E-state index contributed by atoms with van der Waals surface area (Å²) >= 11 is 5.13. The van der Waals surface area contributed by atoms with E-state index >= 15 is 0 Å². The molecule has 2 aromatic heterocycles. The number of nitrogens with zero attached hydrogens (tertiary/aromatic N) is 1. The van der Waals surface area contributed by atoms with Gasteiger partial charge in [-0.1, -0.05) is 0 Å². The number of thiophene rings is 1. The van der Waals surface area contributed by atoms with Gasteiger partial charge in [0.05, 0.1) is 11.4 Å². The average molecular weight is 254 g/mol. The van der Waals surface area contributed by atoms with E-state index in [2.05, 4.69) is 37.7 Å². The van der Waals surface area contributed by atoms with Gasteiger partial charge in [-0.2, -0.15) is 11.3 Å². The van der Waals surface area contributed by atoms with Crippen LogP contribution in [0, 0.1) is 6.92 Å². The number of hydrogen-bond acceptors (Lipinski definition) is 2. The molecule has 0 saturated heterocycles. The third-order valence-corrected chi connectivity index (χ3v) is 3.36. The molecular formula is C10H8BrNS. The summed E-state index contributed by atoms with van der Waals surface area (Å²) in [6.07, 6.45) is 0. The minimum Gasteiger partial charge on any atom is -0.252 e. The van der Waals surface area contributed by atoms with Crippen molar-refractivity contribution in [2.24, 2.45) is 0 Å². The summed E-state index contributed by atoms with van der Waals surface area (Å²) < 4.78 is 1.06. The Balaban J connectivity index is 2.49. The van der Waals surface area contributed by atoms with E-state index in [4.69, 9.17) is 0 Å². The Kier molecular flexibility index (Phi) is 2.47. The van der Waals surface area contributed by atoms with Crippen LogP contribution in [-0.4, -0.2) is 4.98 Å². The van der Waals surface area contributed by atoms with E-state index < -0.39 is 0 Å². The molecule has 0 unspecified atom stereocenters. The molecule has 0 aliphatic carbocycles. The zero-order valence-electron chi connectivity index (χ0n) is 7.12. The summed E-state index contributed by atoms with van der Waals surface area (Å²) in [5, 5.41) is 4.17. The summed E-state index contributed by atoms with van der Waals surface area (Å²) in [5.41, 5.74) is 3.27. The molecule has 0 atom stereocenters. The summed E-state index contributed by atoms with van der Waals surface area (Å²) in [6.45, 7) is 2.00. The van der Waals surface area contributed by atoms with Crippen LogP contribution in [0.25, 0.3) is 11.3 Å². The molecule has 0 bridgehead atoms. The highest BCUT2D eigenvalue weighted by Crippen LogP contribution is 2.23. The fourth-order valence-corrected chi connectivity index (χ4v) is 1.99. The zero-order chi connectivity index (χ0) is 9.26. The standard InChI is InChI=1S/C10H8BrNS/c1-7-9(11)2-3-10(12-7)8-4-5-13-6-8/h2-6H,1H3. The second kappa shape index (κ2) is 3.60. The summed E-state index contributed by atoms with van der Waals surface area (Å²) in [7, 11) is 0. The van der Waals surface area contributed by atoms with Gasteiger partial charge in [-0.05, 0) is 46.4 Å². The number of hydrogen-bond donors (Lipinski definition) is 0. The molecule has 0 N–H and O–H groups in total. The van der Waals surface area contributed by atoms with Gasteiger partial charge in [-0.25, -0.2) is 0 Å².